The second-order valence-electron chi connectivity index (χ2n) is 7.29. The number of hydrogen-bond acceptors (Lipinski definition) is 3. The van der Waals surface area contributed by atoms with Gasteiger partial charge < -0.3 is 16.4 Å². The first kappa shape index (κ1) is 20.0. The zero-order valence-corrected chi connectivity index (χ0v) is 15.8. The molecular weight excluding hydrogens is 357 g/mol. The molecule has 6 heteroatoms. The molecule has 5 nitrogen and oxygen atoms in total. The van der Waals surface area contributed by atoms with Crippen LogP contribution in [0.1, 0.15) is 50.1 Å². The lowest BCUT2D eigenvalue weighted by Crippen LogP contribution is -2.25. The van der Waals surface area contributed by atoms with Crippen LogP contribution in [0.4, 0.5) is 15.8 Å². The van der Waals surface area contributed by atoms with Gasteiger partial charge in [0.1, 0.15) is 5.82 Å². The third-order valence-corrected chi connectivity index (χ3v) is 5.12. The SMILES string of the molecule is NC(CC(=O)Nc1ccc(F)c(NC(=O)C2CCCCC2)c1)c1ccccc1. The Balaban J connectivity index is 1.60. The molecule has 1 unspecified atom stereocenters. The van der Waals surface area contributed by atoms with Crippen molar-refractivity contribution in [3.8, 4) is 0 Å². The molecule has 1 aliphatic rings. The van der Waals surface area contributed by atoms with Crippen LogP contribution in [0.2, 0.25) is 0 Å². The predicted octanol–water partition coefficient (Wildman–Crippen LogP) is 4.37. The second kappa shape index (κ2) is 9.46. The van der Waals surface area contributed by atoms with Crippen LogP contribution in [0, 0.1) is 11.7 Å². The van der Waals surface area contributed by atoms with Crippen molar-refractivity contribution in [3.63, 3.8) is 0 Å². The molecule has 1 fully saturated rings. The Morgan fingerprint density at radius 1 is 1.04 bits per heavy atom. The van der Waals surface area contributed by atoms with Crippen LogP contribution in [-0.4, -0.2) is 11.8 Å². The van der Waals surface area contributed by atoms with Crippen LogP contribution in [0.25, 0.3) is 0 Å². The van der Waals surface area contributed by atoms with Gasteiger partial charge >= 0.3 is 0 Å². The van der Waals surface area contributed by atoms with Crippen molar-refractivity contribution in [2.45, 2.75) is 44.6 Å². The van der Waals surface area contributed by atoms with Crippen LogP contribution < -0.4 is 16.4 Å². The molecule has 1 aliphatic carbocycles. The Morgan fingerprint density at radius 2 is 1.75 bits per heavy atom. The fraction of sp³-hybridized carbons (Fsp3) is 0.364. The number of carbonyl (C=O) groups is 2. The molecule has 0 heterocycles. The molecule has 1 saturated carbocycles. The molecule has 0 aliphatic heterocycles. The van der Waals surface area contributed by atoms with Crippen molar-refractivity contribution in [1.29, 1.82) is 0 Å². The van der Waals surface area contributed by atoms with E-state index in [1.54, 1.807) is 0 Å². The van der Waals surface area contributed by atoms with Gasteiger partial charge in [-0.15, -0.1) is 0 Å². The van der Waals surface area contributed by atoms with Gasteiger partial charge in [-0.1, -0.05) is 49.6 Å². The topological polar surface area (TPSA) is 84.2 Å². The maximum Gasteiger partial charge on any atom is 0.227 e. The highest BCUT2D eigenvalue weighted by atomic mass is 19.1. The van der Waals surface area contributed by atoms with Crippen LogP contribution in [0.15, 0.2) is 48.5 Å². The first-order valence-corrected chi connectivity index (χ1v) is 9.73. The number of hydrogen-bond donors (Lipinski definition) is 3. The molecule has 0 bridgehead atoms. The van der Waals surface area contributed by atoms with E-state index >= 15 is 0 Å². The number of anilines is 2. The minimum absolute atomic E-state index is 0.0738. The zero-order chi connectivity index (χ0) is 19.9. The van der Waals surface area contributed by atoms with Crippen molar-refractivity contribution < 1.29 is 14.0 Å². The maximum atomic E-state index is 14.1. The Hall–Kier alpha value is -2.73. The van der Waals surface area contributed by atoms with Crippen LogP contribution >= 0.6 is 0 Å². The summed E-state index contributed by atoms with van der Waals surface area (Å²) >= 11 is 0. The summed E-state index contributed by atoms with van der Waals surface area (Å²) in [7, 11) is 0. The third kappa shape index (κ3) is 5.39. The van der Waals surface area contributed by atoms with Gasteiger partial charge in [0.15, 0.2) is 0 Å². The number of carbonyl (C=O) groups excluding carboxylic acids is 2. The molecule has 148 valence electrons. The van der Waals surface area contributed by atoms with Gasteiger partial charge in [0.05, 0.1) is 5.69 Å². The molecule has 0 saturated heterocycles. The lowest BCUT2D eigenvalue weighted by molar-refractivity contribution is -0.120. The predicted molar refractivity (Wildman–Crippen MR) is 108 cm³/mol. The largest absolute Gasteiger partial charge is 0.326 e. The number of nitrogens with one attached hydrogen (secondary N) is 2. The summed E-state index contributed by atoms with van der Waals surface area (Å²) in [6, 6.07) is 13.1. The van der Waals surface area contributed by atoms with Crippen molar-refractivity contribution in [2.24, 2.45) is 11.7 Å². The molecule has 1 atom stereocenters. The minimum atomic E-state index is -0.525. The molecule has 3 rings (SSSR count). The third-order valence-electron chi connectivity index (χ3n) is 5.12. The summed E-state index contributed by atoms with van der Waals surface area (Å²) in [5.74, 6) is -1.03. The highest BCUT2D eigenvalue weighted by molar-refractivity contribution is 5.95. The van der Waals surface area contributed by atoms with Crippen molar-refractivity contribution >= 4 is 23.2 Å². The van der Waals surface area contributed by atoms with Gasteiger partial charge in [-0.2, -0.15) is 0 Å². The van der Waals surface area contributed by atoms with E-state index in [9.17, 15) is 14.0 Å². The summed E-state index contributed by atoms with van der Waals surface area (Å²) < 4.78 is 14.1. The van der Waals surface area contributed by atoms with Gasteiger partial charge in [-0.25, -0.2) is 4.39 Å². The number of benzene rings is 2. The maximum absolute atomic E-state index is 14.1. The fourth-order valence-corrected chi connectivity index (χ4v) is 3.53. The Kier molecular flexibility index (Phi) is 6.76. The monoisotopic (exact) mass is 383 g/mol. The number of amides is 2. The van der Waals surface area contributed by atoms with E-state index < -0.39 is 11.9 Å². The molecule has 2 amide bonds. The normalized spacial score (nSPS) is 15.6. The molecular formula is C22H26FN3O2. The fourth-order valence-electron chi connectivity index (χ4n) is 3.53. The molecule has 2 aromatic carbocycles. The Morgan fingerprint density at radius 3 is 2.46 bits per heavy atom. The summed E-state index contributed by atoms with van der Waals surface area (Å²) in [6.45, 7) is 0. The molecule has 4 N–H and O–H groups in total. The highest BCUT2D eigenvalue weighted by Gasteiger charge is 2.22. The summed E-state index contributed by atoms with van der Waals surface area (Å²) in [5.41, 5.74) is 7.45. The van der Waals surface area contributed by atoms with Gasteiger partial charge in [0.25, 0.3) is 0 Å². The standard InChI is InChI=1S/C22H26FN3O2/c23-18-12-11-17(13-20(18)26-22(28)16-9-5-2-6-10-16)25-21(27)14-19(24)15-7-3-1-4-8-15/h1,3-4,7-8,11-13,16,19H,2,5-6,9-10,14,24H2,(H,25,27)(H,26,28). The second-order valence-corrected chi connectivity index (χ2v) is 7.29. The van der Waals surface area contributed by atoms with E-state index in [0.29, 0.717) is 5.69 Å². The first-order valence-electron chi connectivity index (χ1n) is 9.73. The van der Waals surface area contributed by atoms with Gasteiger partial charge in [-0.05, 0) is 36.6 Å². The van der Waals surface area contributed by atoms with E-state index in [1.165, 1.54) is 18.2 Å². The number of rotatable bonds is 6. The van der Waals surface area contributed by atoms with E-state index in [-0.39, 0.29) is 29.8 Å². The molecule has 28 heavy (non-hydrogen) atoms. The van der Waals surface area contributed by atoms with Crippen LogP contribution in [0.5, 0.6) is 0 Å². The van der Waals surface area contributed by atoms with Crippen molar-refractivity contribution in [3.05, 3.63) is 59.9 Å². The number of nitrogens with two attached hydrogens (primary N) is 1. The number of halogens is 1. The lowest BCUT2D eigenvalue weighted by Gasteiger charge is -2.21. The molecule has 0 aromatic heterocycles. The van der Waals surface area contributed by atoms with Gasteiger partial charge in [0.2, 0.25) is 11.8 Å². The lowest BCUT2D eigenvalue weighted by atomic mass is 9.88. The molecule has 0 radical (unpaired) electrons. The Bertz CT molecular complexity index is 820. The summed E-state index contributed by atoms with van der Waals surface area (Å²) in [4.78, 5) is 24.7. The Labute approximate surface area is 164 Å². The van der Waals surface area contributed by atoms with E-state index in [1.807, 2.05) is 30.3 Å². The van der Waals surface area contributed by atoms with E-state index in [4.69, 9.17) is 5.73 Å². The van der Waals surface area contributed by atoms with Crippen molar-refractivity contribution in [2.75, 3.05) is 10.6 Å². The minimum Gasteiger partial charge on any atom is -0.326 e. The first-order chi connectivity index (χ1) is 13.5. The summed E-state index contributed by atoms with van der Waals surface area (Å²) in [6.07, 6.45) is 4.97. The van der Waals surface area contributed by atoms with Crippen LogP contribution in [-0.2, 0) is 9.59 Å². The van der Waals surface area contributed by atoms with E-state index in [2.05, 4.69) is 10.6 Å². The summed E-state index contributed by atoms with van der Waals surface area (Å²) in [5, 5.41) is 5.40. The average molecular weight is 383 g/mol. The zero-order valence-electron chi connectivity index (χ0n) is 15.8. The van der Waals surface area contributed by atoms with Gasteiger partial charge in [-0.3, -0.25) is 9.59 Å². The average Bonchev–Trinajstić information content (AvgIpc) is 2.71. The van der Waals surface area contributed by atoms with Gasteiger partial charge in [0, 0.05) is 24.1 Å². The van der Waals surface area contributed by atoms with Crippen LogP contribution in [0.3, 0.4) is 0 Å². The quantitative estimate of drug-likeness (QED) is 0.692. The molecule has 0 spiro atoms. The highest BCUT2D eigenvalue weighted by Crippen LogP contribution is 2.27. The van der Waals surface area contributed by atoms with Crippen molar-refractivity contribution in [1.82, 2.24) is 0 Å². The van der Waals surface area contributed by atoms with E-state index in [0.717, 1.165) is 37.7 Å². The smallest absolute Gasteiger partial charge is 0.227 e. The molecule has 2 aromatic rings.